The highest BCUT2D eigenvalue weighted by molar-refractivity contribution is 5.84. The van der Waals surface area contributed by atoms with Gasteiger partial charge in [0.1, 0.15) is 0 Å². The first-order valence-corrected chi connectivity index (χ1v) is 11.1. The Morgan fingerprint density at radius 2 is 1.90 bits per heavy atom. The fraction of sp³-hybridized carbons (Fsp3) is 0.583. The van der Waals surface area contributed by atoms with Crippen LogP contribution in [0, 0.1) is 5.92 Å². The lowest BCUT2D eigenvalue weighted by atomic mass is 9.60. The van der Waals surface area contributed by atoms with Crippen LogP contribution in [-0.2, 0) is 4.79 Å². The molecule has 2 saturated heterocycles. The normalized spacial score (nSPS) is 25.2. The number of carbonyl (C=O) groups is 2. The third kappa shape index (κ3) is 3.31. The fourth-order valence-electron chi connectivity index (χ4n) is 5.31. The van der Waals surface area contributed by atoms with Gasteiger partial charge in [-0.3, -0.25) is 4.79 Å². The quantitative estimate of drug-likeness (QED) is 0.782. The standard InChI is InChI=1S/C24H33N3O3/c1-4-6-17-9-11-18(12-10-17)21-20(13-28)27(22(29)19-7-5-8-19)24(21)14-26(15-24)23(30)25-16(2)3/h4,6,9-12,16,19-21,28H,5,7-8,13-15H2,1-3H3,(H,25,30)/b6-4+/t20-,21+/m0/s1. The summed E-state index contributed by atoms with van der Waals surface area (Å²) in [5.74, 6) is 0.271. The predicted octanol–water partition coefficient (Wildman–Crippen LogP) is 2.98. The lowest BCUT2D eigenvalue weighted by Gasteiger charge is -2.71. The number of rotatable bonds is 5. The number of likely N-dealkylation sites (tertiary alicyclic amines) is 2. The molecule has 2 N–H and O–H groups in total. The highest BCUT2D eigenvalue weighted by atomic mass is 16.3. The number of benzene rings is 1. The fourth-order valence-corrected chi connectivity index (χ4v) is 5.31. The summed E-state index contributed by atoms with van der Waals surface area (Å²) >= 11 is 0. The zero-order valence-electron chi connectivity index (χ0n) is 18.2. The van der Waals surface area contributed by atoms with E-state index in [9.17, 15) is 14.7 Å². The lowest BCUT2D eigenvalue weighted by Crippen LogP contribution is -2.86. The van der Waals surface area contributed by atoms with E-state index < -0.39 is 5.54 Å². The molecule has 6 nitrogen and oxygen atoms in total. The maximum absolute atomic E-state index is 13.2. The Hall–Kier alpha value is -2.34. The third-order valence-corrected chi connectivity index (χ3v) is 6.94. The van der Waals surface area contributed by atoms with E-state index in [0.717, 1.165) is 30.4 Å². The van der Waals surface area contributed by atoms with Crippen molar-refractivity contribution < 1.29 is 14.7 Å². The van der Waals surface area contributed by atoms with Gasteiger partial charge in [0.2, 0.25) is 5.91 Å². The second-order valence-corrected chi connectivity index (χ2v) is 9.29. The average Bonchev–Trinajstić information content (AvgIpc) is 2.59. The van der Waals surface area contributed by atoms with Crippen LogP contribution in [0.15, 0.2) is 30.3 Å². The zero-order valence-corrected chi connectivity index (χ0v) is 18.2. The van der Waals surface area contributed by atoms with Crippen LogP contribution in [0.1, 0.15) is 57.1 Å². The number of amides is 3. The molecule has 0 aromatic heterocycles. The molecule has 0 radical (unpaired) electrons. The molecule has 162 valence electrons. The number of allylic oxidation sites excluding steroid dienone is 1. The molecular weight excluding hydrogens is 378 g/mol. The number of hydrogen-bond acceptors (Lipinski definition) is 3. The summed E-state index contributed by atoms with van der Waals surface area (Å²) in [6, 6.07) is 8.13. The van der Waals surface area contributed by atoms with Crippen LogP contribution in [-0.4, -0.2) is 64.2 Å². The van der Waals surface area contributed by atoms with Crippen molar-refractivity contribution in [3.8, 4) is 0 Å². The van der Waals surface area contributed by atoms with E-state index in [-0.39, 0.29) is 42.5 Å². The SMILES string of the molecule is C/C=C/c1ccc([C@@H]2[C@H](CO)N(C(=O)C3CCC3)C23CN(C(=O)NC(C)C)C3)cc1. The monoisotopic (exact) mass is 411 g/mol. The summed E-state index contributed by atoms with van der Waals surface area (Å²) in [6.07, 6.45) is 7.03. The van der Waals surface area contributed by atoms with E-state index in [1.54, 1.807) is 4.90 Å². The first-order valence-electron chi connectivity index (χ1n) is 11.1. The maximum atomic E-state index is 13.2. The van der Waals surface area contributed by atoms with Gasteiger partial charge in [0, 0.05) is 31.0 Å². The van der Waals surface area contributed by atoms with Gasteiger partial charge in [-0.05, 0) is 44.7 Å². The second-order valence-electron chi connectivity index (χ2n) is 9.29. The van der Waals surface area contributed by atoms with E-state index in [0.29, 0.717) is 13.1 Å². The molecule has 1 aliphatic carbocycles. The molecule has 3 aliphatic rings. The highest BCUT2D eigenvalue weighted by Gasteiger charge is 2.68. The van der Waals surface area contributed by atoms with Crippen molar-refractivity contribution in [2.45, 2.75) is 63.6 Å². The van der Waals surface area contributed by atoms with Crippen molar-refractivity contribution in [2.24, 2.45) is 5.92 Å². The Labute approximate surface area is 178 Å². The van der Waals surface area contributed by atoms with Crippen LogP contribution < -0.4 is 5.32 Å². The number of aliphatic hydroxyl groups is 1. The summed E-state index contributed by atoms with van der Waals surface area (Å²) in [6.45, 7) is 6.86. The predicted molar refractivity (Wildman–Crippen MR) is 117 cm³/mol. The number of nitrogens with one attached hydrogen (secondary N) is 1. The first-order chi connectivity index (χ1) is 14.4. The van der Waals surface area contributed by atoms with Gasteiger partial charge in [0.25, 0.3) is 0 Å². The van der Waals surface area contributed by atoms with Crippen LogP contribution in [0.2, 0.25) is 0 Å². The molecule has 1 saturated carbocycles. The number of aliphatic hydroxyl groups excluding tert-OH is 1. The summed E-state index contributed by atoms with van der Waals surface area (Å²) in [5.41, 5.74) is 1.85. The van der Waals surface area contributed by atoms with E-state index in [1.807, 2.05) is 31.7 Å². The Balaban J connectivity index is 1.60. The summed E-state index contributed by atoms with van der Waals surface area (Å²) in [5, 5.41) is 13.1. The zero-order chi connectivity index (χ0) is 21.5. The first kappa shape index (κ1) is 20.9. The maximum Gasteiger partial charge on any atom is 0.317 e. The third-order valence-electron chi connectivity index (χ3n) is 6.94. The molecule has 0 unspecified atom stereocenters. The second kappa shape index (κ2) is 8.06. The Morgan fingerprint density at radius 1 is 1.23 bits per heavy atom. The Bertz CT molecular complexity index is 823. The molecule has 0 bridgehead atoms. The molecule has 1 aromatic rings. The van der Waals surface area contributed by atoms with E-state index in [4.69, 9.17) is 0 Å². The molecule has 3 amide bonds. The van der Waals surface area contributed by atoms with Crippen molar-refractivity contribution in [3.05, 3.63) is 41.5 Å². The number of carbonyl (C=O) groups excluding carboxylic acids is 2. The Kier molecular flexibility index (Phi) is 5.62. The van der Waals surface area contributed by atoms with Gasteiger partial charge >= 0.3 is 6.03 Å². The van der Waals surface area contributed by atoms with Gasteiger partial charge in [0.05, 0.1) is 18.2 Å². The van der Waals surface area contributed by atoms with Crippen molar-refractivity contribution in [3.63, 3.8) is 0 Å². The molecule has 3 fully saturated rings. The average molecular weight is 412 g/mol. The van der Waals surface area contributed by atoms with Crippen molar-refractivity contribution in [1.29, 1.82) is 0 Å². The summed E-state index contributed by atoms with van der Waals surface area (Å²) < 4.78 is 0. The summed E-state index contributed by atoms with van der Waals surface area (Å²) in [4.78, 5) is 29.5. The summed E-state index contributed by atoms with van der Waals surface area (Å²) in [7, 11) is 0. The van der Waals surface area contributed by atoms with E-state index >= 15 is 0 Å². The molecular formula is C24H33N3O3. The van der Waals surface area contributed by atoms with Crippen molar-refractivity contribution in [1.82, 2.24) is 15.1 Å². The molecule has 6 heteroatoms. The number of urea groups is 1. The van der Waals surface area contributed by atoms with Crippen molar-refractivity contribution in [2.75, 3.05) is 19.7 Å². The minimum Gasteiger partial charge on any atom is -0.394 e. The number of nitrogens with zero attached hydrogens (tertiary/aromatic N) is 2. The van der Waals surface area contributed by atoms with Crippen LogP contribution in [0.25, 0.3) is 6.08 Å². The molecule has 2 heterocycles. The van der Waals surface area contributed by atoms with Crippen LogP contribution >= 0.6 is 0 Å². The van der Waals surface area contributed by atoms with Crippen LogP contribution in [0.4, 0.5) is 4.79 Å². The van der Waals surface area contributed by atoms with E-state index in [1.165, 1.54) is 0 Å². The molecule has 2 atom stereocenters. The molecule has 30 heavy (non-hydrogen) atoms. The van der Waals surface area contributed by atoms with Gasteiger partial charge in [-0.15, -0.1) is 0 Å². The Morgan fingerprint density at radius 3 is 2.40 bits per heavy atom. The minimum absolute atomic E-state index is 0.0364. The van der Waals surface area contributed by atoms with Crippen LogP contribution in [0.3, 0.4) is 0 Å². The van der Waals surface area contributed by atoms with Gasteiger partial charge in [-0.1, -0.05) is 42.8 Å². The molecule has 1 aromatic carbocycles. The van der Waals surface area contributed by atoms with Gasteiger partial charge < -0.3 is 20.2 Å². The topological polar surface area (TPSA) is 72.9 Å². The molecule has 4 rings (SSSR count). The lowest BCUT2D eigenvalue weighted by molar-refractivity contribution is -0.199. The smallest absolute Gasteiger partial charge is 0.317 e. The highest BCUT2D eigenvalue weighted by Crippen LogP contribution is 2.55. The number of hydrogen-bond donors (Lipinski definition) is 2. The van der Waals surface area contributed by atoms with Crippen LogP contribution in [0.5, 0.6) is 0 Å². The van der Waals surface area contributed by atoms with Gasteiger partial charge in [-0.25, -0.2) is 4.79 Å². The molecule has 1 spiro atoms. The van der Waals surface area contributed by atoms with Crippen molar-refractivity contribution >= 4 is 18.0 Å². The van der Waals surface area contributed by atoms with E-state index in [2.05, 4.69) is 35.7 Å². The van der Waals surface area contributed by atoms with Gasteiger partial charge in [0.15, 0.2) is 0 Å². The minimum atomic E-state index is -0.406. The van der Waals surface area contributed by atoms with Gasteiger partial charge in [-0.2, -0.15) is 0 Å². The molecule has 2 aliphatic heterocycles. The largest absolute Gasteiger partial charge is 0.394 e.